The Labute approximate surface area is 316 Å². The molecule has 0 aromatic rings. The minimum absolute atomic E-state index is 0.187. The van der Waals surface area contributed by atoms with E-state index in [2.05, 4.69) is 23.7 Å². The fourth-order valence-electron chi connectivity index (χ4n) is 7.49. The van der Waals surface area contributed by atoms with Crippen LogP contribution in [-0.4, -0.2) is 21.2 Å². The third-order valence-electron chi connectivity index (χ3n) is 10.7. The number of carbonyl (C=O) groups is 3. The molecular weight excluding hydrogens is 660 g/mol. The van der Waals surface area contributed by atoms with Crippen LogP contribution in [0.5, 0.6) is 0 Å². The molecule has 0 bridgehead atoms. The summed E-state index contributed by atoms with van der Waals surface area (Å²) in [5.74, 6) is -2.22. The van der Waals surface area contributed by atoms with Crippen LogP contribution in [-0.2, 0) is 39.6 Å². The Morgan fingerprint density at radius 1 is 0.520 bits per heavy atom. The predicted octanol–water partition coefficient (Wildman–Crippen LogP) is 13.2. The van der Waals surface area contributed by atoms with Gasteiger partial charge in [0.1, 0.15) is 0 Å². The first-order valence-corrected chi connectivity index (χ1v) is 23.3. The number of rotatable bonds is 38. The third-order valence-corrected chi connectivity index (χ3v) is 11.2. The van der Waals surface area contributed by atoms with Gasteiger partial charge >= 0.3 is 188 Å². The Hall–Kier alpha value is -0.976. The first-order valence-electron chi connectivity index (χ1n) is 21.4. The number of unbranched alkanes of at least 4 members (excludes halogenated alkanes) is 28. The van der Waals surface area contributed by atoms with Gasteiger partial charge in [-0.3, -0.25) is 0 Å². The van der Waals surface area contributed by atoms with Gasteiger partial charge in [-0.1, -0.05) is 129 Å². The molecule has 0 heterocycles. The van der Waals surface area contributed by atoms with Crippen LogP contribution in [0, 0.1) is 11.3 Å². The van der Waals surface area contributed by atoms with Crippen molar-refractivity contribution in [3.05, 3.63) is 12.2 Å². The normalized spacial score (nSPS) is 11.6. The van der Waals surface area contributed by atoms with Gasteiger partial charge in [0.05, 0.1) is 0 Å². The van der Waals surface area contributed by atoms with E-state index in [4.69, 9.17) is 0 Å². The molecule has 0 rings (SSSR count). The molecule has 0 aliphatic heterocycles. The van der Waals surface area contributed by atoms with E-state index < -0.39 is 35.9 Å². The van der Waals surface area contributed by atoms with Gasteiger partial charge in [0.15, 0.2) is 0 Å². The van der Waals surface area contributed by atoms with E-state index in [-0.39, 0.29) is 30.0 Å². The summed E-state index contributed by atoms with van der Waals surface area (Å²) in [6.45, 7) is 11.9. The van der Waals surface area contributed by atoms with Gasteiger partial charge in [0.25, 0.3) is 0 Å². The SMILES string of the molecule is C=C(C(=O)[O][Ti](=[O])[OH])C(C(=O)CCCCCCCCCCCCCCCCC)(C(=O)CCCCCCCCCCCCCCCCC)C(C)C. The van der Waals surface area contributed by atoms with E-state index in [9.17, 15) is 21.4 Å². The summed E-state index contributed by atoms with van der Waals surface area (Å²) in [5, 5.41) is 0. The van der Waals surface area contributed by atoms with E-state index in [1.165, 1.54) is 141 Å². The Kier molecular flexibility index (Phi) is 33.2. The molecule has 7 heteroatoms. The molecule has 1 N–H and O–H groups in total. The average molecular weight is 741 g/mol. The van der Waals surface area contributed by atoms with Gasteiger partial charge in [-0.2, -0.15) is 0 Å². The van der Waals surface area contributed by atoms with Crippen LogP contribution in [0.2, 0.25) is 0 Å². The maximum absolute atomic E-state index is 13.9. The van der Waals surface area contributed by atoms with Crippen LogP contribution >= 0.6 is 0 Å². The van der Waals surface area contributed by atoms with Crippen LogP contribution in [0.15, 0.2) is 12.2 Å². The van der Waals surface area contributed by atoms with Crippen LogP contribution < -0.4 is 0 Å². The van der Waals surface area contributed by atoms with Crippen molar-refractivity contribution in [2.75, 3.05) is 0 Å². The average Bonchev–Trinajstić information content (AvgIpc) is 3.08. The molecule has 0 fully saturated rings. The Balaban J connectivity index is 4.62. The van der Waals surface area contributed by atoms with Gasteiger partial charge < -0.3 is 0 Å². The molecule has 0 radical (unpaired) electrons. The number of ketones is 2. The molecule has 0 spiro atoms. The molecule has 0 atom stereocenters. The summed E-state index contributed by atoms with van der Waals surface area (Å²) < 4.78 is 25.4. The van der Waals surface area contributed by atoms with Crippen molar-refractivity contribution in [3.63, 3.8) is 0 Å². The van der Waals surface area contributed by atoms with Gasteiger partial charge in [0.2, 0.25) is 0 Å². The van der Waals surface area contributed by atoms with Gasteiger partial charge in [-0.05, 0) is 0 Å². The molecule has 0 aliphatic rings. The molecule has 0 aliphatic carbocycles. The number of hydrogen-bond acceptors (Lipinski definition) is 5. The fraction of sp³-hybridized carbons (Fsp3) is 0.884. The number of hydrogen-bond donors (Lipinski definition) is 1. The zero-order valence-electron chi connectivity index (χ0n) is 33.4. The third kappa shape index (κ3) is 23.6. The van der Waals surface area contributed by atoms with Crippen LogP contribution in [0.4, 0.5) is 0 Å². The molecule has 0 saturated carbocycles. The number of carbonyl (C=O) groups excluding carboxylic acids is 3. The van der Waals surface area contributed by atoms with Crippen LogP contribution in [0.3, 0.4) is 0 Å². The van der Waals surface area contributed by atoms with Crippen molar-refractivity contribution < 1.29 is 43.3 Å². The first kappa shape index (κ1) is 49.0. The predicted molar refractivity (Wildman–Crippen MR) is 205 cm³/mol. The fourth-order valence-corrected chi connectivity index (χ4v) is 7.93. The van der Waals surface area contributed by atoms with Crippen LogP contribution in [0.25, 0.3) is 0 Å². The number of Topliss-reactive ketones (excluding diaryl/α,β-unsaturated/α-hetero) is 2. The second-order valence-corrected chi connectivity index (χ2v) is 16.5. The standard InChI is InChI=1S/C43H80O4.H2O.O.Ti/c1-6-8-10-12-14-16-18-20-22-24-26-28-30-32-34-36-40(44)43(38(3)4,39(5)42(46)47)41(45)37-35-33-31-29-27-25-23-21-19-17-15-13-11-9-7-2;;;/h38H,5-37H2,1-4H3,(H,46,47);1H2;;/q;;;+2/p-2. The molecule has 292 valence electrons. The Bertz CT molecular complexity index is 852. The molecule has 0 aromatic heterocycles. The van der Waals surface area contributed by atoms with Crippen molar-refractivity contribution in [1.82, 2.24) is 0 Å². The quantitative estimate of drug-likeness (QED) is 0.0293. The van der Waals surface area contributed by atoms with E-state index in [0.717, 1.165) is 38.5 Å². The molecule has 50 heavy (non-hydrogen) atoms. The summed E-state index contributed by atoms with van der Waals surface area (Å²) in [4.78, 5) is 40.5. The van der Waals surface area contributed by atoms with Crippen molar-refractivity contribution in [2.24, 2.45) is 11.3 Å². The maximum atomic E-state index is 13.9. The molecule has 0 unspecified atom stereocenters. The van der Waals surface area contributed by atoms with Crippen LogP contribution in [0.1, 0.15) is 233 Å². The van der Waals surface area contributed by atoms with Crippen molar-refractivity contribution >= 4 is 17.5 Å². The molecule has 0 amide bonds. The molecular formula is C43H80O6Ti. The van der Waals surface area contributed by atoms with E-state index in [0.29, 0.717) is 12.8 Å². The molecule has 6 nitrogen and oxygen atoms in total. The van der Waals surface area contributed by atoms with E-state index in [1.54, 1.807) is 13.8 Å². The first-order chi connectivity index (χ1) is 24.2. The topological polar surface area (TPSA) is 97.7 Å². The van der Waals surface area contributed by atoms with Crippen molar-refractivity contribution in [3.8, 4) is 0 Å². The second-order valence-electron chi connectivity index (χ2n) is 15.3. The van der Waals surface area contributed by atoms with Crippen molar-refractivity contribution in [2.45, 2.75) is 233 Å². The Morgan fingerprint density at radius 3 is 0.980 bits per heavy atom. The summed E-state index contributed by atoms with van der Waals surface area (Å²) in [6, 6.07) is 0. The monoisotopic (exact) mass is 741 g/mol. The zero-order chi connectivity index (χ0) is 37.3. The molecule has 0 aromatic carbocycles. The summed E-state index contributed by atoms with van der Waals surface area (Å²) in [5.41, 5.74) is -1.99. The Morgan fingerprint density at radius 2 is 0.760 bits per heavy atom. The van der Waals surface area contributed by atoms with E-state index >= 15 is 0 Å². The second kappa shape index (κ2) is 33.8. The molecule has 0 saturated heterocycles. The van der Waals surface area contributed by atoms with Gasteiger partial charge in [-0.15, -0.1) is 0 Å². The summed E-state index contributed by atoms with van der Waals surface area (Å²) >= 11 is -4.22. The zero-order valence-corrected chi connectivity index (χ0v) is 35.0. The van der Waals surface area contributed by atoms with E-state index in [1.807, 2.05) is 0 Å². The van der Waals surface area contributed by atoms with Gasteiger partial charge in [0, 0.05) is 0 Å². The van der Waals surface area contributed by atoms with Crippen molar-refractivity contribution in [1.29, 1.82) is 0 Å². The minimum atomic E-state index is -4.22. The van der Waals surface area contributed by atoms with Gasteiger partial charge in [-0.25, -0.2) is 0 Å². The summed E-state index contributed by atoms with van der Waals surface area (Å²) in [7, 11) is 0. The summed E-state index contributed by atoms with van der Waals surface area (Å²) in [6.07, 6.45) is 37.1.